The van der Waals surface area contributed by atoms with Crippen molar-refractivity contribution in [2.75, 3.05) is 20.1 Å². The summed E-state index contributed by atoms with van der Waals surface area (Å²) in [6.07, 6.45) is 5.22. The molecule has 0 radical (unpaired) electrons. The second kappa shape index (κ2) is 6.61. The molecule has 0 saturated carbocycles. The lowest BCUT2D eigenvalue weighted by molar-refractivity contribution is 0.208. The summed E-state index contributed by atoms with van der Waals surface area (Å²) in [7, 11) is 2.14. The minimum atomic E-state index is 0.0744. The van der Waals surface area contributed by atoms with Gasteiger partial charge >= 0.3 is 0 Å². The van der Waals surface area contributed by atoms with Crippen LogP contribution in [0.3, 0.4) is 0 Å². The molecule has 0 atom stereocenters. The van der Waals surface area contributed by atoms with Gasteiger partial charge in [0.05, 0.1) is 17.1 Å². The van der Waals surface area contributed by atoms with Crippen molar-refractivity contribution < 1.29 is 0 Å². The van der Waals surface area contributed by atoms with Gasteiger partial charge in [-0.2, -0.15) is 5.10 Å². The van der Waals surface area contributed by atoms with Crippen molar-refractivity contribution in [2.24, 2.45) is 0 Å². The first-order valence-electron chi connectivity index (χ1n) is 8.39. The van der Waals surface area contributed by atoms with E-state index in [0.29, 0.717) is 0 Å². The van der Waals surface area contributed by atoms with Gasteiger partial charge in [-0.3, -0.25) is 4.79 Å². The van der Waals surface area contributed by atoms with E-state index in [1.807, 2.05) is 24.3 Å². The first-order valence-corrected chi connectivity index (χ1v) is 8.39. The highest BCUT2D eigenvalue weighted by Gasteiger charge is 2.21. The largest absolute Gasteiger partial charge is 0.306 e. The van der Waals surface area contributed by atoms with E-state index in [4.69, 9.17) is 5.10 Å². The lowest BCUT2D eigenvalue weighted by Gasteiger charge is -2.29. The fraction of sp³-hybridized carbons (Fsp3) is 0.556. The van der Waals surface area contributed by atoms with Gasteiger partial charge in [0.1, 0.15) is 0 Å². The minimum absolute atomic E-state index is 0.0744. The van der Waals surface area contributed by atoms with E-state index < -0.39 is 0 Å². The number of rotatable bonds is 4. The highest BCUT2D eigenvalue weighted by Crippen LogP contribution is 2.22. The molecule has 0 amide bonds. The third-order valence-corrected chi connectivity index (χ3v) is 4.71. The van der Waals surface area contributed by atoms with E-state index in [-0.39, 0.29) is 11.6 Å². The van der Waals surface area contributed by atoms with Crippen LogP contribution in [0.2, 0.25) is 0 Å². The molecule has 1 saturated heterocycles. The van der Waals surface area contributed by atoms with Crippen LogP contribution in [0.25, 0.3) is 10.8 Å². The molecular weight excluding hydrogens is 274 g/mol. The summed E-state index contributed by atoms with van der Waals surface area (Å²) in [4.78, 5) is 15.1. The highest BCUT2D eigenvalue weighted by atomic mass is 16.1. The van der Waals surface area contributed by atoms with Crippen LogP contribution in [0.4, 0.5) is 0 Å². The average molecular weight is 299 g/mol. The van der Waals surface area contributed by atoms with Gasteiger partial charge in [-0.1, -0.05) is 31.5 Å². The van der Waals surface area contributed by atoms with Crippen molar-refractivity contribution in [3.63, 3.8) is 0 Å². The molecule has 1 aliphatic rings. The number of likely N-dealkylation sites (tertiary alicyclic amines) is 1. The summed E-state index contributed by atoms with van der Waals surface area (Å²) < 4.78 is 1.78. The van der Waals surface area contributed by atoms with Crippen molar-refractivity contribution in [1.29, 1.82) is 0 Å². The third-order valence-electron chi connectivity index (χ3n) is 4.71. The van der Waals surface area contributed by atoms with Gasteiger partial charge < -0.3 is 4.90 Å². The molecular formula is C18H25N3O. The lowest BCUT2D eigenvalue weighted by Crippen LogP contribution is -2.37. The smallest absolute Gasteiger partial charge is 0.274 e. The molecule has 1 aromatic heterocycles. The van der Waals surface area contributed by atoms with Gasteiger partial charge in [-0.15, -0.1) is 0 Å². The molecule has 3 rings (SSSR count). The maximum Gasteiger partial charge on any atom is 0.274 e. The van der Waals surface area contributed by atoms with Crippen molar-refractivity contribution in [2.45, 2.75) is 45.1 Å². The van der Waals surface area contributed by atoms with Crippen LogP contribution in [-0.4, -0.2) is 34.8 Å². The number of piperidine rings is 1. The van der Waals surface area contributed by atoms with E-state index in [0.717, 1.165) is 61.7 Å². The van der Waals surface area contributed by atoms with E-state index in [9.17, 15) is 4.79 Å². The van der Waals surface area contributed by atoms with Gasteiger partial charge in [-0.25, -0.2) is 4.68 Å². The third kappa shape index (κ3) is 2.93. The van der Waals surface area contributed by atoms with Crippen LogP contribution in [0.5, 0.6) is 0 Å². The molecule has 1 fully saturated rings. The van der Waals surface area contributed by atoms with Gasteiger partial charge in [-0.05, 0) is 51.9 Å². The zero-order chi connectivity index (χ0) is 15.5. The quantitative estimate of drug-likeness (QED) is 0.871. The summed E-state index contributed by atoms with van der Waals surface area (Å²) in [6, 6.07) is 8.17. The van der Waals surface area contributed by atoms with Gasteiger partial charge in [0, 0.05) is 5.39 Å². The number of aromatic nitrogens is 2. The van der Waals surface area contributed by atoms with Crippen LogP contribution in [0.1, 0.15) is 44.3 Å². The molecule has 0 bridgehead atoms. The zero-order valence-electron chi connectivity index (χ0n) is 13.6. The SMILES string of the molecule is CCCCc1nn(C2CCN(C)CC2)c(=O)c2ccccc12. The van der Waals surface area contributed by atoms with Crippen LogP contribution < -0.4 is 5.56 Å². The molecule has 1 aromatic carbocycles. The maximum atomic E-state index is 12.8. The molecule has 118 valence electrons. The van der Waals surface area contributed by atoms with Crippen molar-refractivity contribution in [3.8, 4) is 0 Å². The molecule has 0 spiro atoms. The van der Waals surface area contributed by atoms with E-state index in [1.165, 1.54) is 0 Å². The molecule has 4 nitrogen and oxygen atoms in total. The Morgan fingerprint density at radius 3 is 2.55 bits per heavy atom. The van der Waals surface area contributed by atoms with E-state index in [1.54, 1.807) is 4.68 Å². The molecule has 0 unspecified atom stereocenters. The molecule has 2 aromatic rings. The van der Waals surface area contributed by atoms with Crippen LogP contribution in [0, 0.1) is 0 Å². The van der Waals surface area contributed by atoms with E-state index in [2.05, 4.69) is 18.9 Å². The summed E-state index contributed by atoms with van der Waals surface area (Å²) in [5.41, 5.74) is 1.15. The first kappa shape index (κ1) is 15.2. The fourth-order valence-electron chi connectivity index (χ4n) is 3.29. The van der Waals surface area contributed by atoms with Crippen LogP contribution in [-0.2, 0) is 6.42 Å². The Hall–Kier alpha value is -1.68. The predicted molar refractivity (Wildman–Crippen MR) is 90.4 cm³/mol. The molecule has 2 heterocycles. The van der Waals surface area contributed by atoms with Crippen molar-refractivity contribution in [1.82, 2.24) is 14.7 Å². The molecule has 4 heteroatoms. The summed E-state index contributed by atoms with van der Waals surface area (Å²) in [6.45, 7) is 4.26. The average Bonchev–Trinajstić information content (AvgIpc) is 2.55. The molecule has 22 heavy (non-hydrogen) atoms. The minimum Gasteiger partial charge on any atom is -0.306 e. The standard InChI is InChI=1S/C18H25N3O/c1-3-4-9-17-15-7-5-6-8-16(15)18(22)21(19-17)14-10-12-20(2)13-11-14/h5-8,14H,3-4,9-13H2,1-2H3. The summed E-state index contributed by atoms with van der Waals surface area (Å²) in [5.74, 6) is 0. The number of fused-ring (bicyclic) bond motifs is 1. The number of hydrogen-bond donors (Lipinski definition) is 0. The van der Waals surface area contributed by atoms with Crippen LogP contribution in [0.15, 0.2) is 29.1 Å². The molecule has 0 aliphatic carbocycles. The number of hydrogen-bond acceptors (Lipinski definition) is 3. The number of benzene rings is 1. The fourth-order valence-corrected chi connectivity index (χ4v) is 3.29. The Kier molecular flexibility index (Phi) is 4.57. The summed E-state index contributed by atoms with van der Waals surface area (Å²) >= 11 is 0. The topological polar surface area (TPSA) is 38.1 Å². The Morgan fingerprint density at radius 2 is 1.86 bits per heavy atom. The normalized spacial score (nSPS) is 17.2. The Balaban J connectivity index is 2.06. The second-order valence-corrected chi connectivity index (χ2v) is 6.38. The number of unbranched alkanes of at least 4 members (excludes halogenated alkanes) is 1. The van der Waals surface area contributed by atoms with E-state index >= 15 is 0 Å². The van der Waals surface area contributed by atoms with Gasteiger partial charge in [0.2, 0.25) is 0 Å². The predicted octanol–water partition coefficient (Wildman–Crippen LogP) is 3.01. The monoisotopic (exact) mass is 299 g/mol. The highest BCUT2D eigenvalue weighted by molar-refractivity contribution is 5.83. The van der Waals surface area contributed by atoms with Gasteiger partial charge in [0.15, 0.2) is 0 Å². The first-order chi connectivity index (χ1) is 10.7. The Bertz CT molecular complexity index is 699. The molecule has 1 aliphatic heterocycles. The Labute approximate surface area is 131 Å². The van der Waals surface area contributed by atoms with Gasteiger partial charge in [0.25, 0.3) is 5.56 Å². The summed E-state index contributed by atoms with van der Waals surface area (Å²) in [5, 5.41) is 6.63. The molecule has 0 N–H and O–H groups in total. The van der Waals surface area contributed by atoms with Crippen LogP contribution >= 0.6 is 0 Å². The number of aryl methyl sites for hydroxylation is 1. The van der Waals surface area contributed by atoms with Crippen molar-refractivity contribution in [3.05, 3.63) is 40.3 Å². The zero-order valence-corrected chi connectivity index (χ0v) is 13.6. The number of nitrogens with zero attached hydrogens (tertiary/aromatic N) is 3. The maximum absolute atomic E-state index is 12.8. The second-order valence-electron chi connectivity index (χ2n) is 6.38. The van der Waals surface area contributed by atoms with Crippen molar-refractivity contribution >= 4 is 10.8 Å². The Morgan fingerprint density at radius 1 is 1.18 bits per heavy atom. The lowest BCUT2D eigenvalue weighted by atomic mass is 10.0.